The van der Waals surface area contributed by atoms with Gasteiger partial charge in [-0.25, -0.2) is 0 Å². The molecular formula is C13H21NS. The Morgan fingerprint density at radius 1 is 1.33 bits per heavy atom. The minimum atomic E-state index is 0.641. The molecule has 0 saturated carbocycles. The van der Waals surface area contributed by atoms with Crippen molar-refractivity contribution in [2.24, 2.45) is 0 Å². The van der Waals surface area contributed by atoms with Crippen LogP contribution in [0.15, 0.2) is 29.2 Å². The molecule has 2 heteroatoms. The van der Waals surface area contributed by atoms with E-state index in [-0.39, 0.29) is 0 Å². The van der Waals surface area contributed by atoms with Gasteiger partial charge in [0.05, 0.1) is 0 Å². The van der Waals surface area contributed by atoms with Gasteiger partial charge in [0.15, 0.2) is 0 Å². The fourth-order valence-corrected chi connectivity index (χ4v) is 2.24. The molecule has 1 aromatic rings. The average molecular weight is 223 g/mol. The zero-order chi connectivity index (χ0) is 11.1. The van der Waals surface area contributed by atoms with Crippen LogP contribution in [-0.4, -0.2) is 18.3 Å². The summed E-state index contributed by atoms with van der Waals surface area (Å²) in [4.78, 5) is 1.41. The highest BCUT2D eigenvalue weighted by molar-refractivity contribution is 7.99. The quantitative estimate of drug-likeness (QED) is 0.585. The van der Waals surface area contributed by atoms with E-state index in [1.807, 2.05) is 11.8 Å². The van der Waals surface area contributed by atoms with E-state index < -0.39 is 0 Å². The van der Waals surface area contributed by atoms with Crippen LogP contribution in [0, 0.1) is 6.92 Å². The van der Waals surface area contributed by atoms with Gasteiger partial charge in [0.25, 0.3) is 0 Å². The molecule has 0 bridgehead atoms. The number of hydrogen-bond acceptors (Lipinski definition) is 2. The maximum absolute atomic E-state index is 3.50. The van der Waals surface area contributed by atoms with E-state index in [4.69, 9.17) is 0 Å². The van der Waals surface area contributed by atoms with Gasteiger partial charge in [0.2, 0.25) is 0 Å². The van der Waals surface area contributed by atoms with E-state index in [0.29, 0.717) is 6.04 Å². The van der Waals surface area contributed by atoms with Gasteiger partial charge < -0.3 is 5.32 Å². The van der Waals surface area contributed by atoms with Gasteiger partial charge in [-0.05, 0) is 31.9 Å². The highest BCUT2D eigenvalue weighted by Crippen LogP contribution is 2.20. The number of thioether (sulfide) groups is 1. The predicted octanol–water partition coefficient (Wildman–Crippen LogP) is 3.48. The van der Waals surface area contributed by atoms with Crippen LogP contribution >= 0.6 is 11.8 Å². The first-order valence-electron chi connectivity index (χ1n) is 5.66. The third-order valence-electron chi connectivity index (χ3n) is 2.56. The van der Waals surface area contributed by atoms with Crippen LogP contribution in [0.1, 0.15) is 25.8 Å². The normalized spacial score (nSPS) is 12.7. The van der Waals surface area contributed by atoms with Crippen LogP contribution < -0.4 is 5.32 Å². The third kappa shape index (κ3) is 4.72. The van der Waals surface area contributed by atoms with E-state index in [9.17, 15) is 0 Å². The summed E-state index contributed by atoms with van der Waals surface area (Å²) in [5.41, 5.74) is 1.38. The summed E-state index contributed by atoms with van der Waals surface area (Å²) in [6.07, 6.45) is 1.20. The largest absolute Gasteiger partial charge is 0.313 e. The van der Waals surface area contributed by atoms with Crippen molar-refractivity contribution in [3.05, 3.63) is 29.8 Å². The van der Waals surface area contributed by atoms with Gasteiger partial charge in [-0.1, -0.05) is 25.1 Å². The van der Waals surface area contributed by atoms with Gasteiger partial charge in [-0.15, -0.1) is 11.8 Å². The molecule has 0 amide bonds. The zero-order valence-corrected chi connectivity index (χ0v) is 10.7. The lowest BCUT2D eigenvalue weighted by molar-refractivity contribution is 0.555. The Kier molecular flexibility index (Phi) is 5.81. The van der Waals surface area contributed by atoms with Crippen LogP contribution in [0.3, 0.4) is 0 Å². The number of aryl methyl sites for hydroxylation is 1. The minimum Gasteiger partial charge on any atom is -0.313 e. The monoisotopic (exact) mass is 223 g/mol. The number of hydrogen-bond donors (Lipinski definition) is 1. The fraction of sp³-hybridized carbons (Fsp3) is 0.538. The van der Waals surface area contributed by atoms with Gasteiger partial charge >= 0.3 is 0 Å². The Morgan fingerprint density at radius 3 is 2.73 bits per heavy atom. The van der Waals surface area contributed by atoms with Crippen molar-refractivity contribution in [3.8, 4) is 0 Å². The van der Waals surface area contributed by atoms with E-state index in [1.54, 1.807) is 0 Å². The molecule has 1 atom stereocenters. The first kappa shape index (κ1) is 12.6. The van der Waals surface area contributed by atoms with Crippen molar-refractivity contribution in [1.82, 2.24) is 5.32 Å². The summed E-state index contributed by atoms with van der Waals surface area (Å²) in [5, 5.41) is 3.50. The molecular weight excluding hydrogens is 202 g/mol. The SMILES string of the molecule is CCC(C)NCCSc1ccccc1C. The summed E-state index contributed by atoms with van der Waals surface area (Å²) in [7, 11) is 0. The van der Waals surface area contributed by atoms with Crippen LogP contribution in [0.25, 0.3) is 0 Å². The summed E-state index contributed by atoms with van der Waals surface area (Å²) in [6.45, 7) is 7.71. The number of rotatable bonds is 6. The van der Waals surface area contributed by atoms with Crippen molar-refractivity contribution in [3.63, 3.8) is 0 Å². The lowest BCUT2D eigenvalue weighted by Crippen LogP contribution is -2.27. The van der Waals surface area contributed by atoms with Crippen molar-refractivity contribution in [2.75, 3.05) is 12.3 Å². The third-order valence-corrected chi connectivity index (χ3v) is 3.74. The number of benzene rings is 1. The molecule has 0 saturated heterocycles. The molecule has 0 aliphatic heterocycles. The average Bonchev–Trinajstić information content (AvgIpc) is 2.26. The van der Waals surface area contributed by atoms with E-state index >= 15 is 0 Å². The second-order valence-corrected chi connectivity index (χ2v) is 5.01. The molecule has 84 valence electrons. The first-order chi connectivity index (χ1) is 7.24. The molecule has 0 radical (unpaired) electrons. The van der Waals surface area contributed by atoms with Gasteiger partial charge in [0.1, 0.15) is 0 Å². The number of nitrogens with one attached hydrogen (secondary N) is 1. The standard InChI is InChI=1S/C13H21NS/c1-4-12(3)14-9-10-15-13-8-6-5-7-11(13)2/h5-8,12,14H,4,9-10H2,1-3H3. The van der Waals surface area contributed by atoms with Crippen molar-refractivity contribution in [1.29, 1.82) is 0 Å². The van der Waals surface area contributed by atoms with E-state index in [0.717, 1.165) is 12.3 Å². The molecule has 1 aromatic carbocycles. The highest BCUT2D eigenvalue weighted by atomic mass is 32.2. The summed E-state index contributed by atoms with van der Waals surface area (Å²) < 4.78 is 0. The Morgan fingerprint density at radius 2 is 2.07 bits per heavy atom. The van der Waals surface area contributed by atoms with Crippen LogP contribution in [0.4, 0.5) is 0 Å². The van der Waals surface area contributed by atoms with Crippen molar-refractivity contribution < 1.29 is 0 Å². The molecule has 1 unspecified atom stereocenters. The fourth-order valence-electron chi connectivity index (χ4n) is 1.33. The smallest absolute Gasteiger partial charge is 0.0106 e. The minimum absolute atomic E-state index is 0.641. The highest BCUT2D eigenvalue weighted by Gasteiger charge is 1.99. The van der Waals surface area contributed by atoms with Crippen LogP contribution in [-0.2, 0) is 0 Å². The summed E-state index contributed by atoms with van der Waals surface area (Å²) in [6, 6.07) is 9.21. The van der Waals surface area contributed by atoms with Crippen LogP contribution in [0.5, 0.6) is 0 Å². The Bertz CT molecular complexity index is 286. The molecule has 0 aliphatic rings. The molecule has 1 N–H and O–H groups in total. The molecule has 0 aromatic heterocycles. The second-order valence-electron chi connectivity index (χ2n) is 3.88. The van der Waals surface area contributed by atoms with Crippen LogP contribution in [0.2, 0.25) is 0 Å². The topological polar surface area (TPSA) is 12.0 Å². The van der Waals surface area contributed by atoms with Gasteiger partial charge in [0, 0.05) is 23.2 Å². The zero-order valence-electron chi connectivity index (χ0n) is 9.92. The van der Waals surface area contributed by atoms with E-state index in [1.165, 1.54) is 16.9 Å². The van der Waals surface area contributed by atoms with Crippen molar-refractivity contribution >= 4 is 11.8 Å². The lowest BCUT2D eigenvalue weighted by Gasteiger charge is -2.11. The summed E-state index contributed by atoms with van der Waals surface area (Å²) in [5.74, 6) is 1.15. The Labute approximate surface area is 97.7 Å². The molecule has 0 heterocycles. The molecule has 1 nitrogen and oxygen atoms in total. The Balaban J connectivity index is 2.23. The van der Waals surface area contributed by atoms with Gasteiger partial charge in [-0.2, -0.15) is 0 Å². The molecule has 0 spiro atoms. The Hall–Kier alpha value is -0.470. The second kappa shape index (κ2) is 6.91. The molecule has 0 fully saturated rings. The lowest BCUT2D eigenvalue weighted by atomic mass is 10.2. The maximum Gasteiger partial charge on any atom is 0.0106 e. The maximum atomic E-state index is 3.50. The van der Waals surface area contributed by atoms with Gasteiger partial charge in [-0.3, -0.25) is 0 Å². The van der Waals surface area contributed by atoms with Crippen molar-refractivity contribution in [2.45, 2.75) is 38.1 Å². The first-order valence-corrected chi connectivity index (χ1v) is 6.64. The molecule has 15 heavy (non-hydrogen) atoms. The predicted molar refractivity (Wildman–Crippen MR) is 69.7 cm³/mol. The molecule has 0 aliphatic carbocycles. The molecule has 1 rings (SSSR count). The van der Waals surface area contributed by atoms with E-state index in [2.05, 4.69) is 50.4 Å². The summed E-state index contributed by atoms with van der Waals surface area (Å²) >= 11 is 1.94.